The maximum Gasteiger partial charge on any atom is 0.257 e. The second-order valence-corrected chi connectivity index (χ2v) is 7.45. The Morgan fingerprint density at radius 3 is 2.31 bits per heavy atom. The SMILES string of the molecule is O=C(c1cn(-c2ccccc2)nc1-c1ccc(Br)cc1)N1CCCCC1. The van der Waals surface area contributed by atoms with Crippen LogP contribution in [0.15, 0.2) is 65.3 Å². The van der Waals surface area contributed by atoms with E-state index in [2.05, 4.69) is 15.9 Å². The van der Waals surface area contributed by atoms with Crippen molar-refractivity contribution in [2.45, 2.75) is 19.3 Å². The van der Waals surface area contributed by atoms with Gasteiger partial charge in [-0.05, 0) is 43.5 Å². The molecule has 2 heterocycles. The summed E-state index contributed by atoms with van der Waals surface area (Å²) in [5, 5.41) is 4.75. The fourth-order valence-electron chi connectivity index (χ4n) is 3.33. The van der Waals surface area contributed by atoms with Gasteiger partial charge in [0.05, 0.1) is 11.3 Å². The number of amides is 1. The number of rotatable bonds is 3. The summed E-state index contributed by atoms with van der Waals surface area (Å²) in [5.41, 5.74) is 3.29. The number of aromatic nitrogens is 2. The van der Waals surface area contributed by atoms with Crippen LogP contribution >= 0.6 is 15.9 Å². The summed E-state index contributed by atoms with van der Waals surface area (Å²) in [4.78, 5) is 15.1. The van der Waals surface area contributed by atoms with E-state index >= 15 is 0 Å². The van der Waals surface area contributed by atoms with Gasteiger partial charge in [0.1, 0.15) is 5.69 Å². The van der Waals surface area contributed by atoms with Crippen LogP contribution in [0.5, 0.6) is 0 Å². The van der Waals surface area contributed by atoms with Crippen molar-refractivity contribution in [3.63, 3.8) is 0 Å². The van der Waals surface area contributed by atoms with Crippen LogP contribution in [0.1, 0.15) is 29.6 Å². The van der Waals surface area contributed by atoms with Gasteiger partial charge in [0.25, 0.3) is 5.91 Å². The van der Waals surface area contributed by atoms with Crippen molar-refractivity contribution < 1.29 is 4.79 Å². The summed E-state index contributed by atoms with van der Waals surface area (Å²) in [6, 6.07) is 17.9. The second-order valence-electron chi connectivity index (χ2n) is 6.53. The van der Waals surface area contributed by atoms with Gasteiger partial charge in [-0.1, -0.05) is 46.3 Å². The lowest BCUT2D eigenvalue weighted by molar-refractivity contribution is 0.0725. The molecule has 1 saturated heterocycles. The highest BCUT2D eigenvalue weighted by molar-refractivity contribution is 9.10. The standard InChI is InChI=1S/C21H20BrN3O/c22-17-11-9-16(10-12-17)20-19(21(26)24-13-5-2-6-14-24)15-25(23-20)18-7-3-1-4-8-18/h1,3-4,7-12,15H,2,5-6,13-14H2. The number of carbonyl (C=O) groups is 1. The number of likely N-dealkylation sites (tertiary alicyclic amines) is 1. The molecule has 1 aliphatic heterocycles. The van der Waals surface area contributed by atoms with E-state index < -0.39 is 0 Å². The summed E-state index contributed by atoms with van der Waals surface area (Å²) in [5.74, 6) is 0.0739. The van der Waals surface area contributed by atoms with E-state index in [0.29, 0.717) is 5.56 Å². The van der Waals surface area contributed by atoms with Crippen LogP contribution in [0.3, 0.4) is 0 Å². The molecule has 1 aliphatic rings. The number of hydrogen-bond donors (Lipinski definition) is 0. The third kappa shape index (κ3) is 3.44. The maximum absolute atomic E-state index is 13.2. The third-order valence-corrected chi connectivity index (χ3v) is 5.25. The van der Waals surface area contributed by atoms with E-state index in [1.807, 2.05) is 65.7 Å². The number of halogens is 1. The zero-order chi connectivity index (χ0) is 17.9. The van der Waals surface area contributed by atoms with E-state index in [9.17, 15) is 4.79 Å². The second kappa shape index (κ2) is 7.46. The topological polar surface area (TPSA) is 38.1 Å². The van der Waals surface area contributed by atoms with Gasteiger partial charge in [0, 0.05) is 29.3 Å². The Kier molecular flexibility index (Phi) is 4.89. The summed E-state index contributed by atoms with van der Waals surface area (Å²) in [6.45, 7) is 1.66. The molecule has 4 rings (SSSR count). The molecular formula is C21H20BrN3O. The predicted octanol–water partition coefficient (Wildman–Crippen LogP) is 4.93. The van der Waals surface area contributed by atoms with Gasteiger partial charge < -0.3 is 4.90 Å². The van der Waals surface area contributed by atoms with E-state index in [4.69, 9.17) is 5.10 Å². The van der Waals surface area contributed by atoms with Crippen molar-refractivity contribution >= 4 is 21.8 Å². The van der Waals surface area contributed by atoms with Gasteiger partial charge in [-0.25, -0.2) is 4.68 Å². The molecule has 2 aromatic carbocycles. The molecule has 0 spiro atoms. The molecule has 0 unspecified atom stereocenters. The minimum absolute atomic E-state index is 0.0739. The summed E-state index contributed by atoms with van der Waals surface area (Å²) < 4.78 is 2.81. The number of carbonyl (C=O) groups excluding carboxylic acids is 1. The lowest BCUT2D eigenvalue weighted by Crippen LogP contribution is -2.35. The monoisotopic (exact) mass is 409 g/mol. The number of piperidine rings is 1. The minimum atomic E-state index is 0.0739. The van der Waals surface area contributed by atoms with E-state index in [1.54, 1.807) is 4.68 Å². The molecule has 5 heteroatoms. The van der Waals surface area contributed by atoms with Crippen LogP contribution in [-0.4, -0.2) is 33.7 Å². The molecule has 0 bridgehead atoms. The van der Waals surface area contributed by atoms with Crippen LogP contribution in [0, 0.1) is 0 Å². The van der Waals surface area contributed by atoms with Crippen LogP contribution in [0.25, 0.3) is 16.9 Å². The van der Waals surface area contributed by atoms with Gasteiger partial charge in [-0.15, -0.1) is 0 Å². The van der Waals surface area contributed by atoms with E-state index in [1.165, 1.54) is 6.42 Å². The van der Waals surface area contributed by atoms with Crippen LogP contribution < -0.4 is 0 Å². The Bertz CT molecular complexity index is 897. The van der Waals surface area contributed by atoms with Crippen molar-refractivity contribution in [3.05, 3.63) is 70.8 Å². The largest absolute Gasteiger partial charge is 0.339 e. The highest BCUT2D eigenvalue weighted by atomic mass is 79.9. The fourth-order valence-corrected chi connectivity index (χ4v) is 3.60. The molecule has 0 aliphatic carbocycles. The smallest absolute Gasteiger partial charge is 0.257 e. The van der Waals surface area contributed by atoms with Crippen molar-refractivity contribution in [1.82, 2.24) is 14.7 Å². The molecule has 4 nitrogen and oxygen atoms in total. The van der Waals surface area contributed by atoms with Crippen LogP contribution in [-0.2, 0) is 0 Å². The van der Waals surface area contributed by atoms with Crippen molar-refractivity contribution in [1.29, 1.82) is 0 Å². The fraction of sp³-hybridized carbons (Fsp3) is 0.238. The molecule has 0 atom stereocenters. The van der Waals surface area contributed by atoms with Crippen molar-refractivity contribution in [3.8, 4) is 16.9 Å². The molecule has 1 amide bonds. The Hall–Kier alpha value is -2.40. The third-order valence-electron chi connectivity index (χ3n) is 4.73. The van der Waals surface area contributed by atoms with Crippen molar-refractivity contribution in [2.75, 3.05) is 13.1 Å². The zero-order valence-corrected chi connectivity index (χ0v) is 16.0. The van der Waals surface area contributed by atoms with Crippen LogP contribution in [0.4, 0.5) is 0 Å². The first-order chi connectivity index (χ1) is 12.7. The normalized spacial score (nSPS) is 14.4. The number of benzene rings is 2. The zero-order valence-electron chi connectivity index (χ0n) is 14.4. The number of nitrogens with zero attached hydrogens (tertiary/aromatic N) is 3. The lowest BCUT2D eigenvalue weighted by Gasteiger charge is -2.26. The van der Waals surface area contributed by atoms with Gasteiger partial charge in [-0.2, -0.15) is 5.10 Å². The minimum Gasteiger partial charge on any atom is -0.339 e. The first-order valence-corrected chi connectivity index (χ1v) is 9.72. The van der Waals surface area contributed by atoms with Crippen molar-refractivity contribution in [2.24, 2.45) is 0 Å². The first kappa shape index (κ1) is 17.0. The van der Waals surface area contributed by atoms with E-state index in [0.717, 1.165) is 47.3 Å². The molecule has 0 N–H and O–H groups in total. The van der Waals surface area contributed by atoms with E-state index in [-0.39, 0.29) is 5.91 Å². The molecule has 132 valence electrons. The Morgan fingerprint density at radius 1 is 0.923 bits per heavy atom. The molecule has 26 heavy (non-hydrogen) atoms. The van der Waals surface area contributed by atoms with Gasteiger partial charge in [0.15, 0.2) is 0 Å². The molecule has 0 saturated carbocycles. The molecular weight excluding hydrogens is 390 g/mol. The highest BCUT2D eigenvalue weighted by Gasteiger charge is 2.24. The molecule has 1 aromatic heterocycles. The number of para-hydroxylation sites is 1. The van der Waals surface area contributed by atoms with Gasteiger partial charge in [0.2, 0.25) is 0 Å². The average molecular weight is 410 g/mol. The Morgan fingerprint density at radius 2 is 1.62 bits per heavy atom. The molecule has 3 aromatic rings. The Balaban J connectivity index is 1.78. The predicted molar refractivity (Wildman–Crippen MR) is 106 cm³/mol. The van der Waals surface area contributed by atoms with Gasteiger partial charge >= 0.3 is 0 Å². The highest BCUT2D eigenvalue weighted by Crippen LogP contribution is 2.27. The lowest BCUT2D eigenvalue weighted by atomic mass is 10.1. The quantitative estimate of drug-likeness (QED) is 0.614. The summed E-state index contributed by atoms with van der Waals surface area (Å²) in [7, 11) is 0. The average Bonchev–Trinajstić information content (AvgIpc) is 3.15. The summed E-state index contributed by atoms with van der Waals surface area (Å²) in [6.07, 6.45) is 5.22. The maximum atomic E-state index is 13.2. The number of hydrogen-bond acceptors (Lipinski definition) is 2. The van der Waals surface area contributed by atoms with Gasteiger partial charge in [-0.3, -0.25) is 4.79 Å². The Labute approximate surface area is 161 Å². The summed E-state index contributed by atoms with van der Waals surface area (Å²) >= 11 is 3.47. The molecule has 1 fully saturated rings. The first-order valence-electron chi connectivity index (χ1n) is 8.93. The van der Waals surface area contributed by atoms with Crippen LogP contribution in [0.2, 0.25) is 0 Å². The molecule has 0 radical (unpaired) electrons.